The van der Waals surface area contributed by atoms with Crippen LogP contribution in [0.2, 0.25) is 0 Å². The molecule has 36 heavy (non-hydrogen) atoms. The molecule has 0 saturated heterocycles. The first-order valence-corrected chi connectivity index (χ1v) is 16.1. The fourth-order valence-electron chi connectivity index (χ4n) is 4.06. The number of amides is 1. The van der Waals surface area contributed by atoms with Crippen LogP contribution in [-0.4, -0.2) is 25.4 Å². The summed E-state index contributed by atoms with van der Waals surface area (Å²) >= 11 is 0. The van der Waals surface area contributed by atoms with Gasteiger partial charge in [-0.15, -0.1) is 0 Å². The van der Waals surface area contributed by atoms with E-state index >= 15 is 0 Å². The molecular weight excluding hydrogens is 470 g/mol. The van der Waals surface area contributed by atoms with Gasteiger partial charge in [0.2, 0.25) is 5.91 Å². The van der Waals surface area contributed by atoms with E-state index in [1.807, 2.05) is 6.92 Å². The van der Waals surface area contributed by atoms with Gasteiger partial charge in [0.25, 0.3) is 10.1 Å². The van der Waals surface area contributed by atoms with Gasteiger partial charge < -0.3 is 5.32 Å². The average molecular weight is 526 g/mol. The number of aryl methyl sites for hydroxylation is 1. The molecule has 0 aromatic heterocycles. The van der Waals surface area contributed by atoms with Crippen LogP contribution in [0.4, 0.5) is 0 Å². The lowest BCUT2D eigenvalue weighted by Crippen LogP contribution is -2.23. The van der Waals surface area contributed by atoms with Gasteiger partial charge in [-0.1, -0.05) is 134 Å². The lowest BCUT2D eigenvalue weighted by atomic mass is 10.0. The summed E-state index contributed by atoms with van der Waals surface area (Å²) in [6, 6.07) is 5.99. The van der Waals surface area contributed by atoms with Crippen LogP contribution in [0.15, 0.2) is 29.2 Å². The molecule has 0 unspecified atom stereocenters. The summed E-state index contributed by atoms with van der Waals surface area (Å²) in [5.74, 6) is 0.255. The van der Waals surface area contributed by atoms with Crippen molar-refractivity contribution in [3.63, 3.8) is 0 Å². The zero-order chi connectivity index (χ0) is 26.9. The molecule has 0 aliphatic heterocycles. The van der Waals surface area contributed by atoms with Gasteiger partial charge in [-0.3, -0.25) is 9.35 Å². The topological polar surface area (TPSA) is 83.5 Å². The van der Waals surface area contributed by atoms with Gasteiger partial charge in [0.05, 0.1) is 4.90 Å². The fourth-order valence-corrected chi connectivity index (χ4v) is 4.54. The minimum atomic E-state index is -4.02. The molecule has 6 heteroatoms. The van der Waals surface area contributed by atoms with E-state index < -0.39 is 10.1 Å². The van der Waals surface area contributed by atoms with Crippen molar-refractivity contribution in [2.24, 2.45) is 0 Å². The molecule has 0 atom stereocenters. The first-order valence-electron chi connectivity index (χ1n) is 14.6. The van der Waals surface area contributed by atoms with Crippen molar-refractivity contribution in [3.8, 4) is 0 Å². The molecule has 1 amide bonds. The fraction of sp³-hybridized carbons (Fsp3) is 0.767. The van der Waals surface area contributed by atoms with E-state index in [9.17, 15) is 13.2 Å². The van der Waals surface area contributed by atoms with Crippen LogP contribution in [0, 0.1) is 6.92 Å². The molecule has 5 nitrogen and oxygen atoms in total. The summed E-state index contributed by atoms with van der Waals surface area (Å²) in [6.45, 7) is 7.18. The minimum absolute atomic E-state index is 0.0666. The van der Waals surface area contributed by atoms with E-state index in [4.69, 9.17) is 4.55 Å². The van der Waals surface area contributed by atoms with Crippen molar-refractivity contribution in [3.05, 3.63) is 29.8 Å². The van der Waals surface area contributed by atoms with Crippen molar-refractivity contribution in [1.82, 2.24) is 5.32 Å². The van der Waals surface area contributed by atoms with Crippen molar-refractivity contribution < 1.29 is 17.8 Å². The van der Waals surface area contributed by atoms with Crippen molar-refractivity contribution in [1.29, 1.82) is 0 Å². The number of carbonyl (C=O) groups excluding carboxylic acids is 1. The van der Waals surface area contributed by atoms with Gasteiger partial charge in [-0.2, -0.15) is 8.42 Å². The molecule has 210 valence electrons. The Morgan fingerprint density at radius 2 is 1.06 bits per heavy atom. The minimum Gasteiger partial charge on any atom is -0.356 e. The zero-order valence-corrected chi connectivity index (χ0v) is 24.3. The third-order valence-corrected chi connectivity index (χ3v) is 7.30. The van der Waals surface area contributed by atoms with Gasteiger partial charge in [0.15, 0.2) is 0 Å². The molecule has 0 aliphatic rings. The number of hydrogen-bond acceptors (Lipinski definition) is 3. The summed E-state index contributed by atoms with van der Waals surface area (Å²) in [6.07, 6.45) is 24.9. The Hall–Kier alpha value is -1.40. The van der Waals surface area contributed by atoms with Crippen LogP contribution in [0.5, 0.6) is 0 Å². The Labute approximate surface area is 223 Å². The Morgan fingerprint density at radius 1 is 0.667 bits per heavy atom. The highest BCUT2D eigenvalue weighted by molar-refractivity contribution is 7.85. The maximum atomic E-state index is 11.6. The molecule has 2 N–H and O–H groups in total. The third kappa shape index (κ3) is 23.0. The Kier molecular flexibility index (Phi) is 23.0. The van der Waals surface area contributed by atoms with Crippen molar-refractivity contribution in [2.45, 2.75) is 148 Å². The molecule has 0 aliphatic carbocycles. The van der Waals surface area contributed by atoms with Crippen molar-refractivity contribution >= 4 is 16.0 Å². The second-order valence-corrected chi connectivity index (χ2v) is 11.5. The van der Waals surface area contributed by atoms with Crippen LogP contribution >= 0.6 is 0 Å². The number of hydrogen-bond donors (Lipinski definition) is 2. The molecule has 1 rings (SSSR count). The molecule has 0 radical (unpaired) electrons. The van der Waals surface area contributed by atoms with Crippen LogP contribution < -0.4 is 5.32 Å². The molecule has 0 heterocycles. The van der Waals surface area contributed by atoms with Crippen molar-refractivity contribution in [2.75, 3.05) is 6.54 Å². The highest BCUT2D eigenvalue weighted by atomic mass is 32.2. The second kappa shape index (κ2) is 24.0. The molecular formula is C30H55NO4S. The predicted octanol–water partition coefficient (Wildman–Crippen LogP) is 8.80. The summed E-state index contributed by atoms with van der Waals surface area (Å²) in [5, 5.41) is 3.03. The maximum Gasteiger partial charge on any atom is 0.294 e. The molecule has 0 fully saturated rings. The molecule has 0 spiro atoms. The van der Waals surface area contributed by atoms with E-state index in [1.54, 1.807) is 12.1 Å². The van der Waals surface area contributed by atoms with Gasteiger partial charge in [0, 0.05) is 13.0 Å². The highest BCUT2D eigenvalue weighted by Crippen LogP contribution is 2.13. The monoisotopic (exact) mass is 525 g/mol. The molecule has 1 aromatic rings. The smallest absolute Gasteiger partial charge is 0.294 e. The number of benzene rings is 1. The third-order valence-electron chi connectivity index (χ3n) is 6.43. The van der Waals surface area contributed by atoms with Gasteiger partial charge in [0.1, 0.15) is 0 Å². The van der Waals surface area contributed by atoms with E-state index in [0.29, 0.717) is 0 Å². The molecule has 1 aromatic carbocycles. The zero-order valence-electron chi connectivity index (χ0n) is 23.5. The molecule has 0 bridgehead atoms. The molecule has 0 saturated carbocycles. The summed E-state index contributed by atoms with van der Waals surface area (Å²) in [7, 11) is -4.02. The van der Waals surface area contributed by atoms with Crippen LogP contribution in [0.1, 0.15) is 141 Å². The van der Waals surface area contributed by atoms with E-state index in [-0.39, 0.29) is 10.8 Å². The number of unbranched alkanes of at least 4 members (excludes halogenated alkanes) is 16. The Balaban J connectivity index is 0.000000918. The first kappa shape index (κ1) is 34.6. The highest BCUT2D eigenvalue weighted by Gasteiger charge is 2.06. The summed E-state index contributed by atoms with van der Waals surface area (Å²) < 4.78 is 29.6. The standard InChI is InChI=1S/C23H47NO.C7H8O3S/c1-3-5-7-8-9-10-11-12-13-14-15-16-17-18-19-21-23(25)24-22-20-6-4-2;1-6-2-4-7(5-3-6)11(8,9)10/h3-22H2,1-2H3,(H,24,25);2-5H,1H3,(H,8,9,10). The first-order chi connectivity index (χ1) is 17.3. The second-order valence-electron chi connectivity index (χ2n) is 10.0. The largest absolute Gasteiger partial charge is 0.356 e. The van der Waals surface area contributed by atoms with E-state index in [0.717, 1.165) is 31.4 Å². The van der Waals surface area contributed by atoms with E-state index in [1.165, 1.54) is 115 Å². The lowest BCUT2D eigenvalue weighted by Gasteiger charge is -2.05. The maximum absolute atomic E-state index is 11.6. The average Bonchev–Trinajstić information content (AvgIpc) is 2.84. The van der Waals surface area contributed by atoms with Gasteiger partial charge >= 0.3 is 0 Å². The van der Waals surface area contributed by atoms with Crippen LogP contribution in [-0.2, 0) is 14.9 Å². The predicted molar refractivity (Wildman–Crippen MR) is 153 cm³/mol. The Morgan fingerprint density at radius 3 is 1.47 bits per heavy atom. The van der Waals surface area contributed by atoms with Crippen LogP contribution in [0.3, 0.4) is 0 Å². The SMILES string of the molecule is CCCCCCCCCCCCCCCCCC(=O)NCCCCC.Cc1ccc(S(=O)(=O)O)cc1. The van der Waals surface area contributed by atoms with E-state index in [2.05, 4.69) is 19.2 Å². The Bertz CT molecular complexity index is 732. The van der Waals surface area contributed by atoms with Crippen LogP contribution in [0.25, 0.3) is 0 Å². The number of rotatable bonds is 21. The number of carbonyl (C=O) groups is 1. The summed E-state index contributed by atoms with van der Waals surface area (Å²) in [5.41, 5.74) is 0.956. The quantitative estimate of drug-likeness (QED) is 0.124. The summed E-state index contributed by atoms with van der Waals surface area (Å²) in [4.78, 5) is 11.6. The van der Waals surface area contributed by atoms with Gasteiger partial charge in [-0.25, -0.2) is 0 Å². The normalized spacial score (nSPS) is 11.1. The lowest BCUT2D eigenvalue weighted by molar-refractivity contribution is -0.121. The number of nitrogens with one attached hydrogen (secondary N) is 1. The van der Waals surface area contributed by atoms with Gasteiger partial charge in [-0.05, 0) is 31.9 Å².